The molecule has 2 aromatic rings. The number of benzene rings is 2. The average Bonchev–Trinajstić information content (AvgIpc) is 2.90. The summed E-state index contributed by atoms with van der Waals surface area (Å²) in [6.07, 6.45) is -4.39. The lowest BCUT2D eigenvalue weighted by molar-refractivity contribution is -0.157. The maximum atomic E-state index is 13.6. The van der Waals surface area contributed by atoms with Crippen LogP contribution in [0.4, 0.5) is 13.2 Å². The van der Waals surface area contributed by atoms with Crippen LogP contribution in [0.15, 0.2) is 48.5 Å². The molecule has 1 amide bonds. The highest BCUT2D eigenvalue weighted by Crippen LogP contribution is 2.46. The van der Waals surface area contributed by atoms with E-state index in [1.165, 1.54) is 18.2 Å². The molecule has 1 aliphatic heterocycles. The van der Waals surface area contributed by atoms with Crippen molar-refractivity contribution in [1.82, 2.24) is 5.32 Å². The SMILES string of the molecule is NC(=O)c1ccc2c(c1)CNC2[C@@H](c1ccccc1)C(F)(F)F. The van der Waals surface area contributed by atoms with Crippen molar-refractivity contribution in [2.75, 3.05) is 0 Å². The normalized spacial score (nSPS) is 18.5. The molecule has 2 atom stereocenters. The van der Waals surface area contributed by atoms with Crippen LogP contribution in [0.5, 0.6) is 0 Å². The molecule has 1 aliphatic rings. The van der Waals surface area contributed by atoms with E-state index < -0.39 is 24.0 Å². The van der Waals surface area contributed by atoms with Gasteiger partial charge in [-0.1, -0.05) is 36.4 Å². The predicted octanol–water partition coefficient (Wildman–Crippen LogP) is 3.28. The number of nitrogens with one attached hydrogen (secondary N) is 1. The molecular weight excluding hydrogens is 305 g/mol. The Morgan fingerprint density at radius 1 is 1.17 bits per heavy atom. The molecule has 0 saturated carbocycles. The van der Waals surface area contributed by atoms with Gasteiger partial charge < -0.3 is 11.1 Å². The number of amides is 1. The first-order valence-electron chi connectivity index (χ1n) is 7.15. The number of primary amides is 1. The van der Waals surface area contributed by atoms with Crippen molar-refractivity contribution in [2.45, 2.75) is 24.7 Å². The molecule has 23 heavy (non-hydrogen) atoms. The molecule has 2 aromatic carbocycles. The van der Waals surface area contributed by atoms with Gasteiger partial charge in [-0.25, -0.2) is 0 Å². The fourth-order valence-electron chi connectivity index (χ4n) is 3.07. The lowest BCUT2D eigenvalue weighted by Crippen LogP contribution is -2.31. The van der Waals surface area contributed by atoms with Crippen LogP contribution < -0.4 is 11.1 Å². The minimum absolute atomic E-state index is 0.212. The first-order valence-corrected chi connectivity index (χ1v) is 7.15. The quantitative estimate of drug-likeness (QED) is 0.912. The summed E-state index contributed by atoms with van der Waals surface area (Å²) >= 11 is 0. The third kappa shape index (κ3) is 2.94. The number of alkyl halides is 3. The van der Waals surface area contributed by atoms with E-state index in [0.717, 1.165) is 0 Å². The van der Waals surface area contributed by atoms with Crippen molar-refractivity contribution >= 4 is 5.91 Å². The van der Waals surface area contributed by atoms with Gasteiger partial charge in [0, 0.05) is 18.2 Å². The van der Waals surface area contributed by atoms with Crippen LogP contribution in [-0.4, -0.2) is 12.1 Å². The fourth-order valence-corrected chi connectivity index (χ4v) is 3.07. The minimum atomic E-state index is -4.39. The molecule has 0 saturated heterocycles. The van der Waals surface area contributed by atoms with Crippen LogP contribution in [0.3, 0.4) is 0 Å². The molecule has 120 valence electrons. The van der Waals surface area contributed by atoms with Crippen molar-refractivity contribution in [3.63, 3.8) is 0 Å². The van der Waals surface area contributed by atoms with Gasteiger partial charge in [0.2, 0.25) is 5.91 Å². The molecule has 1 unspecified atom stereocenters. The van der Waals surface area contributed by atoms with Gasteiger partial charge >= 0.3 is 6.18 Å². The summed E-state index contributed by atoms with van der Waals surface area (Å²) in [6.45, 7) is 0.278. The van der Waals surface area contributed by atoms with E-state index in [1.807, 2.05) is 0 Å². The van der Waals surface area contributed by atoms with E-state index in [9.17, 15) is 18.0 Å². The molecule has 0 bridgehead atoms. The summed E-state index contributed by atoms with van der Waals surface area (Å²) in [5.41, 5.74) is 6.97. The van der Waals surface area contributed by atoms with Gasteiger partial charge in [-0.05, 0) is 28.8 Å². The Kier molecular flexibility index (Phi) is 3.85. The molecule has 0 aliphatic carbocycles. The number of nitrogens with two attached hydrogens (primary N) is 1. The largest absolute Gasteiger partial charge is 0.397 e. The Balaban J connectivity index is 2.03. The smallest absolute Gasteiger partial charge is 0.366 e. The van der Waals surface area contributed by atoms with E-state index in [4.69, 9.17) is 5.73 Å². The monoisotopic (exact) mass is 320 g/mol. The van der Waals surface area contributed by atoms with E-state index in [1.54, 1.807) is 30.3 Å². The minimum Gasteiger partial charge on any atom is -0.366 e. The number of fused-ring (bicyclic) bond motifs is 1. The molecule has 0 fully saturated rings. The zero-order valence-electron chi connectivity index (χ0n) is 12.1. The van der Waals surface area contributed by atoms with E-state index in [0.29, 0.717) is 16.7 Å². The van der Waals surface area contributed by atoms with Gasteiger partial charge in [0.25, 0.3) is 0 Å². The summed E-state index contributed by atoms with van der Waals surface area (Å²) in [6, 6.07) is 11.6. The maximum absolute atomic E-state index is 13.6. The average molecular weight is 320 g/mol. The molecule has 0 radical (unpaired) electrons. The van der Waals surface area contributed by atoms with E-state index in [2.05, 4.69) is 5.32 Å². The summed E-state index contributed by atoms with van der Waals surface area (Å²) < 4.78 is 40.9. The van der Waals surface area contributed by atoms with Crippen molar-refractivity contribution < 1.29 is 18.0 Å². The Bertz CT molecular complexity index is 728. The highest BCUT2D eigenvalue weighted by molar-refractivity contribution is 5.93. The third-order valence-corrected chi connectivity index (χ3v) is 4.12. The molecular formula is C17H15F3N2O. The Morgan fingerprint density at radius 2 is 1.87 bits per heavy atom. The highest BCUT2D eigenvalue weighted by Gasteiger charge is 2.47. The van der Waals surface area contributed by atoms with Gasteiger partial charge in [-0.2, -0.15) is 13.2 Å². The van der Waals surface area contributed by atoms with Crippen molar-refractivity contribution in [1.29, 1.82) is 0 Å². The maximum Gasteiger partial charge on any atom is 0.397 e. The van der Waals surface area contributed by atoms with Crippen LogP contribution >= 0.6 is 0 Å². The van der Waals surface area contributed by atoms with Crippen molar-refractivity contribution in [3.05, 3.63) is 70.8 Å². The lowest BCUT2D eigenvalue weighted by atomic mass is 9.86. The van der Waals surface area contributed by atoms with Crippen LogP contribution in [0.2, 0.25) is 0 Å². The second-order valence-corrected chi connectivity index (χ2v) is 5.57. The van der Waals surface area contributed by atoms with Crippen LogP contribution in [-0.2, 0) is 6.54 Å². The molecule has 3 rings (SSSR count). The molecule has 0 spiro atoms. The zero-order valence-corrected chi connectivity index (χ0v) is 12.1. The molecule has 3 nitrogen and oxygen atoms in total. The number of halogens is 3. The van der Waals surface area contributed by atoms with Gasteiger partial charge in [0.05, 0.1) is 5.92 Å². The zero-order chi connectivity index (χ0) is 16.6. The van der Waals surface area contributed by atoms with Crippen LogP contribution in [0, 0.1) is 0 Å². The second kappa shape index (κ2) is 5.70. The number of carbonyl (C=O) groups excluding carboxylic acids is 1. The van der Waals surface area contributed by atoms with Gasteiger partial charge in [-0.15, -0.1) is 0 Å². The van der Waals surface area contributed by atoms with Gasteiger partial charge in [0.1, 0.15) is 0 Å². The van der Waals surface area contributed by atoms with Crippen molar-refractivity contribution in [2.24, 2.45) is 5.73 Å². The summed E-state index contributed by atoms with van der Waals surface area (Å²) in [4.78, 5) is 11.2. The molecule has 6 heteroatoms. The summed E-state index contributed by atoms with van der Waals surface area (Å²) in [7, 11) is 0. The highest BCUT2D eigenvalue weighted by atomic mass is 19.4. The topological polar surface area (TPSA) is 55.1 Å². The Labute approximate surface area is 131 Å². The molecule has 0 aromatic heterocycles. The third-order valence-electron chi connectivity index (χ3n) is 4.12. The second-order valence-electron chi connectivity index (χ2n) is 5.57. The van der Waals surface area contributed by atoms with Gasteiger partial charge in [-0.3, -0.25) is 4.79 Å². The predicted molar refractivity (Wildman–Crippen MR) is 79.8 cm³/mol. The summed E-state index contributed by atoms with van der Waals surface area (Å²) in [5, 5.41) is 2.92. The number of hydrogen-bond acceptors (Lipinski definition) is 2. The van der Waals surface area contributed by atoms with E-state index in [-0.39, 0.29) is 12.1 Å². The Hall–Kier alpha value is -2.34. The standard InChI is InChI=1S/C17H15F3N2O/c18-17(19,20)14(10-4-2-1-3-5-10)15-13-7-6-11(16(21)23)8-12(13)9-22-15/h1-8,14-15,22H,9H2,(H2,21,23)/t14-,15?/m1/s1. The van der Waals surface area contributed by atoms with Crippen LogP contribution in [0.25, 0.3) is 0 Å². The number of rotatable bonds is 3. The van der Waals surface area contributed by atoms with Crippen LogP contribution in [0.1, 0.15) is 39.0 Å². The summed E-state index contributed by atoms with van der Waals surface area (Å²) in [5.74, 6) is -2.24. The first-order chi connectivity index (χ1) is 10.9. The number of hydrogen-bond donors (Lipinski definition) is 2. The first kappa shape index (κ1) is 15.6. The Morgan fingerprint density at radius 3 is 2.48 bits per heavy atom. The van der Waals surface area contributed by atoms with Gasteiger partial charge in [0.15, 0.2) is 0 Å². The molecule has 3 N–H and O–H groups in total. The molecule has 1 heterocycles. The lowest BCUT2D eigenvalue weighted by Gasteiger charge is -2.27. The number of carbonyl (C=O) groups is 1. The van der Waals surface area contributed by atoms with Crippen molar-refractivity contribution in [3.8, 4) is 0 Å². The fraction of sp³-hybridized carbons (Fsp3) is 0.235. The van der Waals surface area contributed by atoms with E-state index >= 15 is 0 Å².